The maximum absolute atomic E-state index is 13.8. The third-order valence-electron chi connectivity index (χ3n) is 11.4. The number of nitrogens with zero attached hydrogens (tertiary/aromatic N) is 5. The molecule has 0 bridgehead atoms. The molecule has 3 aromatic carbocycles. The number of hydrogen-bond acceptors (Lipinski definition) is 12. The van der Waals surface area contributed by atoms with Crippen LogP contribution >= 0.6 is 11.6 Å². The number of aliphatic hydroxyl groups is 1. The largest absolute Gasteiger partial charge is 0.458 e. The normalized spacial score (nSPS) is 14.2. The van der Waals surface area contributed by atoms with Crippen LogP contribution in [0.1, 0.15) is 69.2 Å². The molecule has 6 rings (SSSR count). The molecule has 3 atom stereocenters. The number of aromatic nitrogens is 4. The highest BCUT2D eigenvalue weighted by Crippen LogP contribution is 2.32. The van der Waals surface area contributed by atoms with Gasteiger partial charge in [-0.05, 0) is 103 Å². The van der Waals surface area contributed by atoms with Gasteiger partial charge in [0.1, 0.15) is 30.7 Å². The Labute approximate surface area is 433 Å². The van der Waals surface area contributed by atoms with Crippen LogP contribution in [0.2, 0.25) is 5.02 Å². The van der Waals surface area contributed by atoms with E-state index < -0.39 is 59.8 Å². The monoisotopic (exact) mass is 1060 g/mol. The number of alkyl halides is 3. The molecule has 1 aliphatic heterocycles. The number of esters is 1. The van der Waals surface area contributed by atoms with Crippen molar-refractivity contribution in [1.29, 1.82) is 0 Å². The summed E-state index contributed by atoms with van der Waals surface area (Å²) in [5.74, 6) is -3.62. The van der Waals surface area contributed by atoms with Crippen molar-refractivity contribution >= 4 is 70.6 Å². The molecule has 19 nitrogen and oxygen atoms in total. The Morgan fingerprint density at radius 3 is 2.39 bits per heavy atom. The smallest absolute Gasteiger partial charge is 0.435 e. The highest BCUT2D eigenvalue weighted by atomic mass is 35.5. The van der Waals surface area contributed by atoms with E-state index in [4.69, 9.17) is 22.1 Å². The third kappa shape index (κ3) is 16.7. The Balaban J connectivity index is 1.04. The number of ether oxygens (including phenoxy) is 1. The van der Waals surface area contributed by atoms with Gasteiger partial charge in [-0.1, -0.05) is 62.2 Å². The van der Waals surface area contributed by atoms with Gasteiger partial charge < -0.3 is 47.1 Å². The Hall–Kier alpha value is -8.18. The maximum Gasteiger partial charge on any atom is 0.435 e. The molecule has 1 aliphatic rings. The number of nitrogens with one attached hydrogen (secondary N) is 5. The number of hydrogen-bond donors (Lipinski definition) is 7. The van der Waals surface area contributed by atoms with Gasteiger partial charge in [-0.25, -0.2) is 23.6 Å². The molecule has 0 radical (unpaired) electrons. The van der Waals surface area contributed by atoms with Gasteiger partial charge in [-0.2, -0.15) is 23.3 Å². The van der Waals surface area contributed by atoms with Crippen LogP contribution in [0.5, 0.6) is 0 Å². The number of urea groups is 1. The lowest BCUT2D eigenvalue weighted by Gasteiger charge is -2.25. The summed E-state index contributed by atoms with van der Waals surface area (Å²) in [5.41, 5.74) is 6.51. The summed E-state index contributed by atoms with van der Waals surface area (Å²) in [6, 6.07) is 14.8. The summed E-state index contributed by atoms with van der Waals surface area (Å²) in [6.07, 6.45) is 4.26. The van der Waals surface area contributed by atoms with Crippen LogP contribution in [0.15, 0.2) is 103 Å². The molecule has 5 aromatic rings. The number of carbonyl (C=O) groups is 6. The fraction of sp³-hybridized carbons (Fsp3) is 0.314. The molecule has 0 saturated carbocycles. The Kier molecular flexibility index (Phi) is 19.6. The van der Waals surface area contributed by atoms with Crippen molar-refractivity contribution in [1.82, 2.24) is 40.6 Å². The maximum atomic E-state index is 13.8. The third-order valence-corrected chi connectivity index (χ3v) is 11.7. The number of aliphatic hydroxyl groups excluding tert-OH is 1. The van der Waals surface area contributed by atoms with Gasteiger partial charge in [0.2, 0.25) is 29.6 Å². The highest BCUT2D eigenvalue weighted by molar-refractivity contribution is 6.31. The van der Waals surface area contributed by atoms with E-state index >= 15 is 0 Å². The first-order chi connectivity index (χ1) is 35.7. The molecule has 6 amide bonds. The van der Waals surface area contributed by atoms with Crippen molar-refractivity contribution in [3.05, 3.63) is 131 Å². The number of unbranched alkanes of at least 4 members (excludes halogenated alkanes) is 2. The van der Waals surface area contributed by atoms with Crippen LogP contribution in [0, 0.1) is 11.7 Å². The minimum absolute atomic E-state index is 0.0308. The van der Waals surface area contributed by atoms with Crippen LogP contribution < -0.4 is 32.3 Å². The standard InChI is InChI=1S/C51H54ClF4N11O8/c1-30(2)45(63-41(68)11-4-3-5-24-66-42(69)19-20-43(66)70)48(73)62-39(10-7-23-58-49(57)74)47(72)60-34-15-12-32(13-16-34)29-75-44(71)21-14-31-8-6-9-33(26-31)36-28-59-50(61-35-17-18-38(53)37(52)27-35)64-46(36)67-25-22-40(65-67)51(54,55)56/h6,8-9,12-22,25-28,30,39,42,45,69H,3-5,7,10-11,23-24,29H2,1-2H3,(H,60,72)(H,62,73)(H,63,68)(H3,57,58,74)(H,59,61,64)/b21-14+/t39-,42?,45-/m0/s1. The van der Waals surface area contributed by atoms with Crippen molar-refractivity contribution in [3.63, 3.8) is 0 Å². The van der Waals surface area contributed by atoms with E-state index in [-0.39, 0.29) is 72.5 Å². The van der Waals surface area contributed by atoms with Crippen molar-refractivity contribution in [2.45, 2.75) is 83.5 Å². The van der Waals surface area contributed by atoms with Crippen LogP contribution in [0.4, 0.5) is 39.7 Å². The molecular formula is C51H54ClF4N11O8. The minimum Gasteiger partial charge on any atom is -0.458 e. The van der Waals surface area contributed by atoms with Crippen molar-refractivity contribution in [2.75, 3.05) is 23.7 Å². The Morgan fingerprint density at radius 1 is 0.947 bits per heavy atom. The first-order valence-electron chi connectivity index (χ1n) is 23.6. The lowest BCUT2D eigenvalue weighted by Crippen LogP contribution is -2.54. The summed E-state index contributed by atoms with van der Waals surface area (Å²) in [7, 11) is 0. The van der Waals surface area contributed by atoms with Gasteiger partial charge in [-0.15, -0.1) is 0 Å². The fourth-order valence-corrected chi connectivity index (χ4v) is 7.69. The first kappa shape index (κ1) is 56.1. The second kappa shape index (κ2) is 26.2. The number of primary amides is 1. The molecule has 0 spiro atoms. The van der Waals surface area contributed by atoms with E-state index in [0.717, 1.165) is 23.0 Å². The van der Waals surface area contributed by atoms with Gasteiger partial charge in [0.25, 0.3) is 0 Å². The van der Waals surface area contributed by atoms with E-state index in [1.54, 1.807) is 62.4 Å². The zero-order valence-electron chi connectivity index (χ0n) is 40.6. The predicted molar refractivity (Wildman–Crippen MR) is 269 cm³/mol. The fourth-order valence-electron chi connectivity index (χ4n) is 7.51. The van der Waals surface area contributed by atoms with Crippen molar-refractivity contribution in [2.24, 2.45) is 11.7 Å². The molecule has 24 heteroatoms. The summed E-state index contributed by atoms with van der Waals surface area (Å²) < 4.78 is 60.9. The van der Waals surface area contributed by atoms with E-state index in [1.807, 2.05) is 0 Å². The average molecular weight is 1060 g/mol. The highest BCUT2D eigenvalue weighted by Gasteiger charge is 2.34. The second-order valence-corrected chi connectivity index (χ2v) is 17.9. The van der Waals surface area contributed by atoms with Crippen LogP contribution in [0.25, 0.3) is 23.0 Å². The summed E-state index contributed by atoms with van der Waals surface area (Å²) in [5, 5.41) is 26.9. The molecular weight excluding hydrogens is 1010 g/mol. The molecule has 2 aromatic heterocycles. The lowest BCUT2D eigenvalue weighted by atomic mass is 10.0. The molecule has 396 valence electrons. The molecule has 0 saturated heterocycles. The van der Waals surface area contributed by atoms with E-state index in [2.05, 4.69) is 41.7 Å². The zero-order valence-corrected chi connectivity index (χ0v) is 41.3. The lowest BCUT2D eigenvalue weighted by molar-refractivity contribution is -0.141. The number of benzene rings is 3. The molecule has 75 heavy (non-hydrogen) atoms. The van der Waals surface area contributed by atoms with Crippen molar-refractivity contribution in [3.8, 4) is 16.9 Å². The number of halogens is 5. The molecule has 1 unspecified atom stereocenters. The van der Waals surface area contributed by atoms with E-state index in [1.165, 1.54) is 47.5 Å². The minimum atomic E-state index is -4.73. The number of nitrogens with two attached hydrogens (primary N) is 1. The SMILES string of the molecule is CC(C)[C@H](NC(=O)CCCCCN1C(=O)C=CC1O)C(=O)N[C@@H](CCCNC(N)=O)C(=O)Nc1ccc(COC(=O)/C=C/c2cccc(-c3cnc(Nc4ccc(F)c(Cl)c4)nc3-n3ccc(C(F)(F)F)n3)c2)cc1. The van der Waals surface area contributed by atoms with Gasteiger partial charge in [-0.3, -0.25) is 19.2 Å². The average Bonchev–Trinajstić information content (AvgIpc) is 4.00. The summed E-state index contributed by atoms with van der Waals surface area (Å²) in [6.45, 7) is 3.80. The van der Waals surface area contributed by atoms with Crippen LogP contribution in [-0.4, -0.2) is 96.8 Å². The predicted octanol–water partition coefficient (Wildman–Crippen LogP) is 6.93. The Morgan fingerprint density at radius 2 is 1.71 bits per heavy atom. The molecule has 3 heterocycles. The van der Waals surface area contributed by atoms with Gasteiger partial charge in [0, 0.05) is 61.0 Å². The zero-order chi connectivity index (χ0) is 54.2. The number of rotatable bonds is 24. The van der Waals surface area contributed by atoms with Crippen LogP contribution in [0.3, 0.4) is 0 Å². The topological polar surface area (TPSA) is 265 Å². The summed E-state index contributed by atoms with van der Waals surface area (Å²) in [4.78, 5) is 86.1. The Bertz CT molecular complexity index is 2920. The summed E-state index contributed by atoms with van der Waals surface area (Å²) >= 11 is 5.91. The van der Waals surface area contributed by atoms with Gasteiger partial charge in [0.15, 0.2) is 11.5 Å². The van der Waals surface area contributed by atoms with E-state index in [0.29, 0.717) is 53.9 Å². The number of anilines is 3. The van der Waals surface area contributed by atoms with E-state index in [9.17, 15) is 51.4 Å². The number of amides is 6. The molecule has 8 N–H and O–H groups in total. The van der Waals surface area contributed by atoms with Gasteiger partial charge >= 0.3 is 18.2 Å². The van der Waals surface area contributed by atoms with Gasteiger partial charge in [0.05, 0.1) is 5.02 Å². The number of carbonyl (C=O) groups excluding carboxylic acids is 6. The molecule has 0 aliphatic carbocycles. The molecule has 0 fully saturated rings. The first-order valence-corrected chi connectivity index (χ1v) is 24.0. The quantitative estimate of drug-likeness (QED) is 0.0144. The second-order valence-electron chi connectivity index (χ2n) is 17.5. The van der Waals surface area contributed by atoms with Crippen molar-refractivity contribution < 1.29 is 56.2 Å². The van der Waals surface area contributed by atoms with Crippen LogP contribution in [-0.2, 0) is 41.5 Å².